The lowest BCUT2D eigenvalue weighted by Gasteiger charge is -2.16. The Kier molecular flexibility index (Phi) is 3.44. The smallest absolute Gasteiger partial charge is 0.271 e. The molecule has 1 aliphatic rings. The Morgan fingerprint density at radius 2 is 2.05 bits per heavy atom. The van der Waals surface area contributed by atoms with Crippen molar-refractivity contribution in [2.75, 3.05) is 5.32 Å². The van der Waals surface area contributed by atoms with Crippen LogP contribution in [0.1, 0.15) is 23.6 Å². The summed E-state index contributed by atoms with van der Waals surface area (Å²) in [5, 5.41) is 14.3. The van der Waals surface area contributed by atoms with E-state index in [1.165, 1.54) is 17.2 Å². The van der Waals surface area contributed by atoms with Gasteiger partial charge in [0.1, 0.15) is 0 Å². The molecule has 1 aliphatic carbocycles. The molecule has 0 saturated carbocycles. The summed E-state index contributed by atoms with van der Waals surface area (Å²) in [7, 11) is 0. The Bertz CT molecular complexity index is 673. The van der Waals surface area contributed by atoms with Crippen LogP contribution in [-0.4, -0.2) is 4.92 Å². The molecule has 2 aromatic rings. The predicted octanol–water partition coefficient (Wildman–Crippen LogP) is 4.46. The second-order valence-electron chi connectivity index (χ2n) is 4.86. The zero-order chi connectivity index (χ0) is 14.1. The van der Waals surface area contributed by atoms with Crippen molar-refractivity contribution in [3.63, 3.8) is 0 Å². The first-order valence-corrected chi connectivity index (χ1v) is 7.23. The van der Waals surface area contributed by atoms with Crippen molar-refractivity contribution < 1.29 is 4.92 Å². The summed E-state index contributed by atoms with van der Waals surface area (Å²) < 4.78 is 0.840. The summed E-state index contributed by atoms with van der Waals surface area (Å²) in [5.74, 6) is 0. The van der Waals surface area contributed by atoms with E-state index in [9.17, 15) is 10.1 Å². The number of anilines is 1. The van der Waals surface area contributed by atoms with E-state index in [1.54, 1.807) is 12.1 Å². The van der Waals surface area contributed by atoms with Crippen molar-refractivity contribution in [2.45, 2.75) is 18.9 Å². The normalized spacial score (nSPS) is 16.8. The van der Waals surface area contributed by atoms with Gasteiger partial charge in [-0.15, -0.1) is 0 Å². The van der Waals surface area contributed by atoms with Crippen LogP contribution in [0, 0.1) is 10.1 Å². The fourth-order valence-electron chi connectivity index (χ4n) is 2.63. The highest BCUT2D eigenvalue weighted by atomic mass is 79.9. The van der Waals surface area contributed by atoms with Gasteiger partial charge < -0.3 is 5.32 Å². The molecule has 1 atom stereocenters. The number of halogens is 1. The molecule has 0 bridgehead atoms. The maximum atomic E-state index is 10.9. The molecule has 1 N–H and O–H groups in total. The fraction of sp³-hybridized carbons (Fsp3) is 0.200. The first-order valence-electron chi connectivity index (χ1n) is 6.43. The van der Waals surface area contributed by atoms with Gasteiger partial charge >= 0.3 is 0 Å². The van der Waals surface area contributed by atoms with E-state index >= 15 is 0 Å². The number of benzene rings is 2. The molecule has 0 spiro atoms. The number of fused-ring (bicyclic) bond motifs is 1. The Hall–Kier alpha value is -1.88. The molecule has 0 saturated heterocycles. The maximum Gasteiger partial charge on any atom is 0.271 e. The van der Waals surface area contributed by atoms with Gasteiger partial charge in [-0.1, -0.05) is 24.3 Å². The maximum absolute atomic E-state index is 10.9. The van der Waals surface area contributed by atoms with Crippen LogP contribution in [0.2, 0.25) is 0 Å². The molecule has 0 radical (unpaired) electrons. The van der Waals surface area contributed by atoms with Crippen molar-refractivity contribution in [1.29, 1.82) is 0 Å². The molecular formula is C15H13BrN2O2. The molecule has 5 heteroatoms. The minimum Gasteiger partial charge on any atom is -0.377 e. The van der Waals surface area contributed by atoms with Gasteiger partial charge in [0.05, 0.1) is 16.7 Å². The Balaban J connectivity index is 1.89. The van der Waals surface area contributed by atoms with Crippen molar-refractivity contribution in [2.24, 2.45) is 0 Å². The van der Waals surface area contributed by atoms with E-state index in [4.69, 9.17) is 0 Å². The molecule has 0 fully saturated rings. The van der Waals surface area contributed by atoms with E-state index in [0.717, 1.165) is 23.0 Å². The molecule has 4 nitrogen and oxygen atoms in total. The molecule has 1 unspecified atom stereocenters. The van der Waals surface area contributed by atoms with Gasteiger partial charge in [0.15, 0.2) is 0 Å². The van der Waals surface area contributed by atoms with E-state index in [2.05, 4.69) is 33.4 Å². The van der Waals surface area contributed by atoms with Crippen LogP contribution >= 0.6 is 15.9 Å². The average molecular weight is 333 g/mol. The number of non-ortho nitro benzene ring substituents is 1. The first kappa shape index (κ1) is 13.1. The van der Waals surface area contributed by atoms with E-state index in [1.807, 2.05) is 12.1 Å². The minimum absolute atomic E-state index is 0.0991. The number of aryl methyl sites for hydroxylation is 1. The highest BCUT2D eigenvalue weighted by Crippen LogP contribution is 2.36. The lowest BCUT2D eigenvalue weighted by molar-refractivity contribution is -0.384. The third-order valence-electron chi connectivity index (χ3n) is 3.62. The molecule has 0 heterocycles. The number of hydrogen-bond donors (Lipinski definition) is 1. The molecule has 20 heavy (non-hydrogen) atoms. The SMILES string of the molecule is O=[N+]([O-])c1ccc(Br)c(NC2CCc3ccccc32)c1. The van der Waals surface area contributed by atoms with Crippen molar-refractivity contribution in [1.82, 2.24) is 0 Å². The quantitative estimate of drug-likeness (QED) is 0.667. The van der Waals surface area contributed by atoms with Gasteiger partial charge in [-0.05, 0) is 46.0 Å². The van der Waals surface area contributed by atoms with Crippen molar-refractivity contribution >= 4 is 27.3 Å². The number of nitro groups is 1. The third kappa shape index (κ3) is 2.41. The highest BCUT2D eigenvalue weighted by Gasteiger charge is 2.22. The van der Waals surface area contributed by atoms with Crippen LogP contribution in [0.15, 0.2) is 46.9 Å². The van der Waals surface area contributed by atoms with Gasteiger partial charge in [0.2, 0.25) is 0 Å². The zero-order valence-corrected chi connectivity index (χ0v) is 12.3. The number of nitrogens with zero attached hydrogens (tertiary/aromatic N) is 1. The Morgan fingerprint density at radius 3 is 2.85 bits per heavy atom. The number of hydrogen-bond acceptors (Lipinski definition) is 3. The van der Waals surface area contributed by atoms with Crippen LogP contribution in [0.25, 0.3) is 0 Å². The van der Waals surface area contributed by atoms with Gasteiger partial charge in [-0.3, -0.25) is 10.1 Å². The lowest BCUT2D eigenvalue weighted by atomic mass is 10.1. The van der Waals surface area contributed by atoms with Crippen molar-refractivity contribution in [3.8, 4) is 0 Å². The summed E-state index contributed by atoms with van der Waals surface area (Å²) in [6, 6.07) is 13.3. The summed E-state index contributed by atoms with van der Waals surface area (Å²) in [6.07, 6.45) is 2.05. The van der Waals surface area contributed by atoms with Gasteiger partial charge in [0, 0.05) is 16.6 Å². The first-order chi connectivity index (χ1) is 9.65. The Labute approximate surface area is 125 Å². The van der Waals surface area contributed by atoms with Crippen LogP contribution in [0.3, 0.4) is 0 Å². The minimum atomic E-state index is -0.375. The van der Waals surface area contributed by atoms with E-state index in [0.29, 0.717) is 0 Å². The molecule has 2 aromatic carbocycles. The van der Waals surface area contributed by atoms with Gasteiger partial charge in [-0.2, -0.15) is 0 Å². The molecule has 0 aliphatic heterocycles. The highest BCUT2D eigenvalue weighted by molar-refractivity contribution is 9.10. The van der Waals surface area contributed by atoms with Crippen LogP contribution in [-0.2, 0) is 6.42 Å². The summed E-state index contributed by atoms with van der Waals surface area (Å²) in [4.78, 5) is 10.5. The van der Waals surface area contributed by atoms with Crippen molar-refractivity contribution in [3.05, 3.63) is 68.2 Å². The Morgan fingerprint density at radius 1 is 1.25 bits per heavy atom. The molecule has 0 amide bonds. The lowest BCUT2D eigenvalue weighted by Crippen LogP contribution is -2.07. The van der Waals surface area contributed by atoms with E-state index < -0.39 is 0 Å². The summed E-state index contributed by atoms with van der Waals surface area (Å²) in [6.45, 7) is 0. The second-order valence-corrected chi connectivity index (χ2v) is 5.71. The molecule has 0 aromatic heterocycles. The molecule has 3 rings (SSSR count). The van der Waals surface area contributed by atoms with E-state index in [-0.39, 0.29) is 16.7 Å². The third-order valence-corrected chi connectivity index (χ3v) is 4.31. The number of nitrogens with one attached hydrogen (secondary N) is 1. The second kappa shape index (κ2) is 5.25. The van der Waals surface area contributed by atoms with Gasteiger partial charge in [-0.25, -0.2) is 0 Å². The summed E-state index contributed by atoms with van der Waals surface area (Å²) >= 11 is 3.44. The summed E-state index contributed by atoms with van der Waals surface area (Å²) in [5.41, 5.74) is 3.50. The zero-order valence-electron chi connectivity index (χ0n) is 10.7. The number of nitro benzene ring substituents is 1. The van der Waals surface area contributed by atoms with Crippen LogP contribution in [0.5, 0.6) is 0 Å². The monoisotopic (exact) mass is 332 g/mol. The van der Waals surface area contributed by atoms with Gasteiger partial charge in [0.25, 0.3) is 5.69 Å². The average Bonchev–Trinajstić information content (AvgIpc) is 2.84. The largest absolute Gasteiger partial charge is 0.377 e. The standard InChI is InChI=1S/C15H13BrN2O2/c16-13-7-6-11(18(19)20)9-15(13)17-14-8-5-10-3-1-2-4-12(10)14/h1-4,6-7,9,14,17H,5,8H2. The molecular weight excluding hydrogens is 320 g/mol. The predicted molar refractivity (Wildman–Crippen MR) is 81.9 cm³/mol. The number of rotatable bonds is 3. The molecule has 102 valence electrons. The topological polar surface area (TPSA) is 55.2 Å². The van der Waals surface area contributed by atoms with Crippen LogP contribution in [0.4, 0.5) is 11.4 Å². The van der Waals surface area contributed by atoms with Crippen LogP contribution < -0.4 is 5.32 Å². The fourth-order valence-corrected chi connectivity index (χ4v) is 2.99.